The lowest BCUT2D eigenvalue weighted by Crippen LogP contribution is -2.34. The molecule has 0 saturated carbocycles. The Hall–Kier alpha value is -2.09. The molecule has 0 unspecified atom stereocenters. The van der Waals surface area contributed by atoms with Crippen molar-refractivity contribution in [2.45, 2.75) is 19.9 Å². The number of pyridine rings is 1. The zero-order valence-electron chi connectivity index (χ0n) is 15.3. The largest absolute Gasteiger partial charge is 0.337 e. The molecule has 140 valence electrons. The summed E-state index contributed by atoms with van der Waals surface area (Å²) in [5.74, 6) is 0.133. The van der Waals surface area contributed by atoms with Crippen molar-refractivity contribution in [3.8, 4) is 10.6 Å². The summed E-state index contributed by atoms with van der Waals surface area (Å²) in [6.45, 7) is 6.37. The molecule has 1 saturated heterocycles. The van der Waals surface area contributed by atoms with Crippen LogP contribution in [0.3, 0.4) is 0 Å². The van der Waals surface area contributed by atoms with E-state index in [2.05, 4.69) is 20.2 Å². The zero-order chi connectivity index (χ0) is 18.6. The van der Waals surface area contributed by atoms with Gasteiger partial charge in [0.2, 0.25) is 0 Å². The number of carbonyl (C=O) groups excluding carboxylic acids is 1. The van der Waals surface area contributed by atoms with Crippen molar-refractivity contribution in [2.75, 3.05) is 26.2 Å². The lowest BCUT2D eigenvalue weighted by molar-refractivity contribution is 0.0766. The summed E-state index contributed by atoms with van der Waals surface area (Å²) in [6, 6.07) is 9.77. The molecule has 3 aromatic heterocycles. The zero-order valence-corrected chi connectivity index (χ0v) is 16.9. The maximum atomic E-state index is 13.0. The number of aromatic nitrogens is 2. The molecule has 1 amide bonds. The highest BCUT2D eigenvalue weighted by Crippen LogP contribution is 2.27. The number of amides is 1. The molecule has 5 nitrogen and oxygen atoms in total. The number of nitrogens with zero attached hydrogens (tertiary/aromatic N) is 4. The maximum absolute atomic E-state index is 13.0. The summed E-state index contributed by atoms with van der Waals surface area (Å²) < 4.78 is 0. The normalized spacial score (nSPS) is 15.7. The highest BCUT2D eigenvalue weighted by Gasteiger charge is 2.22. The van der Waals surface area contributed by atoms with E-state index in [0.717, 1.165) is 65.3 Å². The van der Waals surface area contributed by atoms with Crippen LogP contribution in [0.1, 0.15) is 26.8 Å². The summed E-state index contributed by atoms with van der Waals surface area (Å²) in [6.07, 6.45) is 2.77. The van der Waals surface area contributed by atoms with Gasteiger partial charge in [-0.05, 0) is 37.6 Å². The average Bonchev–Trinajstić information content (AvgIpc) is 3.27. The number of thiophene rings is 1. The molecule has 7 heteroatoms. The van der Waals surface area contributed by atoms with Gasteiger partial charge in [-0.15, -0.1) is 22.7 Å². The molecule has 0 bridgehead atoms. The van der Waals surface area contributed by atoms with Gasteiger partial charge in [0, 0.05) is 44.3 Å². The van der Waals surface area contributed by atoms with Crippen LogP contribution in [-0.4, -0.2) is 51.9 Å². The van der Waals surface area contributed by atoms with E-state index in [1.807, 2.05) is 42.2 Å². The second kappa shape index (κ2) is 8.29. The van der Waals surface area contributed by atoms with Crippen molar-refractivity contribution < 1.29 is 4.79 Å². The fourth-order valence-electron chi connectivity index (χ4n) is 3.30. The van der Waals surface area contributed by atoms with E-state index >= 15 is 0 Å². The molecule has 4 rings (SSSR count). The van der Waals surface area contributed by atoms with Crippen LogP contribution in [0.25, 0.3) is 10.6 Å². The third-order valence-corrected chi connectivity index (χ3v) is 6.58. The molecule has 0 aromatic carbocycles. The number of thiazole rings is 1. The molecule has 0 aliphatic carbocycles. The Morgan fingerprint density at radius 2 is 2.07 bits per heavy atom. The van der Waals surface area contributed by atoms with Gasteiger partial charge in [0.1, 0.15) is 0 Å². The molecule has 1 aliphatic heterocycles. The van der Waals surface area contributed by atoms with Gasteiger partial charge in [0.05, 0.1) is 26.1 Å². The highest BCUT2D eigenvalue weighted by atomic mass is 32.1. The van der Waals surface area contributed by atoms with Crippen LogP contribution < -0.4 is 0 Å². The first-order chi connectivity index (χ1) is 13.2. The van der Waals surface area contributed by atoms with Crippen molar-refractivity contribution in [3.05, 3.63) is 57.5 Å². The minimum Gasteiger partial charge on any atom is -0.337 e. The fraction of sp³-hybridized carbons (Fsp3) is 0.350. The van der Waals surface area contributed by atoms with Gasteiger partial charge in [-0.25, -0.2) is 4.98 Å². The lowest BCUT2D eigenvalue weighted by atomic mass is 10.3. The Morgan fingerprint density at radius 3 is 2.85 bits per heavy atom. The molecule has 27 heavy (non-hydrogen) atoms. The Labute approximate surface area is 167 Å². The average molecular weight is 399 g/mol. The van der Waals surface area contributed by atoms with Crippen molar-refractivity contribution in [3.63, 3.8) is 0 Å². The van der Waals surface area contributed by atoms with Gasteiger partial charge < -0.3 is 4.90 Å². The minimum atomic E-state index is 0.133. The summed E-state index contributed by atoms with van der Waals surface area (Å²) >= 11 is 3.22. The first kappa shape index (κ1) is 18.3. The van der Waals surface area contributed by atoms with E-state index in [1.54, 1.807) is 17.5 Å². The molecule has 0 atom stereocenters. The lowest BCUT2D eigenvalue weighted by Gasteiger charge is -2.21. The van der Waals surface area contributed by atoms with E-state index in [1.165, 1.54) is 11.3 Å². The predicted molar refractivity (Wildman–Crippen MR) is 110 cm³/mol. The smallest absolute Gasteiger partial charge is 0.263 e. The molecule has 0 radical (unpaired) electrons. The quantitative estimate of drug-likeness (QED) is 0.668. The Bertz CT molecular complexity index is 906. The van der Waals surface area contributed by atoms with Crippen LogP contribution >= 0.6 is 22.7 Å². The molecule has 1 fully saturated rings. The Balaban J connectivity index is 1.39. The molecule has 0 spiro atoms. The number of hydrogen-bond donors (Lipinski definition) is 0. The van der Waals surface area contributed by atoms with Crippen LogP contribution in [0, 0.1) is 6.92 Å². The topological polar surface area (TPSA) is 49.3 Å². The maximum Gasteiger partial charge on any atom is 0.263 e. The van der Waals surface area contributed by atoms with Crippen LogP contribution in [0.2, 0.25) is 0 Å². The van der Waals surface area contributed by atoms with Crippen LogP contribution in [0.5, 0.6) is 0 Å². The van der Waals surface area contributed by atoms with Crippen molar-refractivity contribution in [1.29, 1.82) is 0 Å². The number of carbonyl (C=O) groups is 1. The summed E-state index contributed by atoms with van der Waals surface area (Å²) in [5.41, 5.74) is 2.05. The van der Waals surface area contributed by atoms with Gasteiger partial charge in [-0.1, -0.05) is 6.07 Å². The summed E-state index contributed by atoms with van der Waals surface area (Å²) in [7, 11) is 0. The number of hydrogen-bond acceptors (Lipinski definition) is 6. The van der Waals surface area contributed by atoms with Crippen LogP contribution in [0.4, 0.5) is 0 Å². The molecule has 0 N–H and O–H groups in total. The van der Waals surface area contributed by atoms with E-state index in [0.29, 0.717) is 0 Å². The SMILES string of the molecule is Cc1nc(CN2CCCN(C(=O)c3ccc(-c4ccccn4)s3)CC2)cs1. The summed E-state index contributed by atoms with van der Waals surface area (Å²) in [5, 5.41) is 3.24. The second-order valence-electron chi connectivity index (χ2n) is 6.66. The van der Waals surface area contributed by atoms with Crippen molar-refractivity contribution >= 4 is 28.6 Å². The first-order valence-corrected chi connectivity index (χ1v) is 10.8. The predicted octanol–water partition coefficient (Wildman–Crippen LogP) is 3.92. The van der Waals surface area contributed by atoms with Crippen molar-refractivity contribution in [1.82, 2.24) is 19.8 Å². The minimum absolute atomic E-state index is 0.133. The fourth-order valence-corrected chi connectivity index (χ4v) is 4.85. The number of rotatable bonds is 4. The van der Waals surface area contributed by atoms with E-state index in [4.69, 9.17) is 0 Å². The monoisotopic (exact) mass is 398 g/mol. The molecular weight excluding hydrogens is 376 g/mol. The van der Waals surface area contributed by atoms with Gasteiger partial charge in [-0.3, -0.25) is 14.7 Å². The number of aryl methyl sites for hydroxylation is 1. The Morgan fingerprint density at radius 1 is 1.15 bits per heavy atom. The van der Waals surface area contributed by atoms with Crippen LogP contribution in [0.15, 0.2) is 41.9 Å². The van der Waals surface area contributed by atoms with Gasteiger partial charge in [-0.2, -0.15) is 0 Å². The first-order valence-electron chi connectivity index (χ1n) is 9.13. The van der Waals surface area contributed by atoms with E-state index in [9.17, 15) is 4.79 Å². The van der Waals surface area contributed by atoms with E-state index in [-0.39, 0.29) is 5.91 Å². The molecule has 3 aromatic rings. The van der Waals surface area contributed by atoms with Crippen LogP contribution in [-0.2, 0) is 6.54 Å². The molecule has 1 aliphatic rings. The third kappa shape index (κ3) is 4.43. The highest BCUT2D eigenvalue weighted by molar-refractivity contribution is 7.17. The van der Waals surface area contributed by atoms with Crippen molar-refractivity contribution in [2.24, 2.45) is 0 Å². The Kier molecular flexibility index (Phi) is 5.61. The standard InChI is InChI=1S/C20H22N4OS2/c1-15-22-16(14-26-15)13-23-9-4-10-24(12-11-23)20(25)19-7-6-18(27-19)17-5-2-3-8-21-17/h2-3,5-8,14H,4,9-13H2,1H3. The van der Waals surface area contributed by atoms with Gasteiger partial charge >= 0.3 is 0 Å². The second-order valence-corrected chi connectivity index (χ2v) is 8.80. The van der Waals surface area contributed by atoms with Gasteiger partial charge in [0.15, 0.2) is 0 Å². The molecule has 4 heterocycles. The third-order valence-electron chi connectivity index (χ3n) is 4.66. The molecular formula is C20H22N4OS2. The summed E-state index contributed by atoms with van der Waals surface area (Å²) in [4.78, 5) is 28.1. The van der Waals surface area contributed by atoms with E-state index < -0.39 is 0 Å². The van der Waals surface area contributed by atoms with Gasteiger partial charge in [0.25, 0.3) is 5.91 Å².